The second-order valence-electron chi connectivity index (χ2n) is 4.67. The van der Waals surface area contributed by atoms with Gasteiger partial charge in [-0.05, 0) is 19.3 Å². The van der Waals surface area contributed by atoms with E-state index in [0.29, 0.717) is 0 Å². The van der Waals surface area contributed by atoms with Crippen molar-refractivity contribution in [2.75, 3.05) is 0 Å². The van der Waals surface area contributed by atoms with Crippen LogP contribution in [0.5, 0.6) is 0 Å². The zero-order chi connectivity index (χ0) is 8.58. The van der Waals surface area contributed by atoms with Crippen molar-refractivity contribution in [3.63, 3.8) is 0 Å². The van der Waals surface area contributed by atoms with E-state index in [1.807, 2.05) is 13.8 Å². The topological polar surface area (TPSA) is 52.0 Å². The van der Waals surface area contributed by atoms with E-state index in [0.717, 1.165) is 0 Å². The summed E-state index contributed by atoms with van der Waals surface area (Å²) in [5.74, 6) is 0. The van der Waals surface area contributed by atoms with Crippen LogP contribution >= 0.6 is 0 Å². The molecule has 10 heavy (non-hydrogen) atoms. The lowest BCUT2D eigenvalue weighted by atomic mass is 9.77. The zero-order valence-electron chi connectivity index (χ0n) is 7.73. The molecule has 1 unspecified atom stereocenters. The standard InChI is InChI=1S/C8H20N2/c1-7(2,3)6(9)8(4,5)10/h6H,9-10H2,1-5H3. The van der Waals surface area contributed by atoms with Gasteiger partial charge in [-0.15, -0.1) is 0 Å². The molecule has 0 heterocycles. The van der Waals surface area contributed by atoms with Gasteiger partial charge in [-0.2, -0.15) is 0 Å². The van der Waals surface area contributed by atoms with Crippen molar-refractivity contribution in [2.45, 2.75) is 46.2 Å². The van der Waals surface area contributed by atoms with Crippen LogP contribution in [0.2, 0.25) is 0 Å². The van der Waals surface area contributed by atoms with E-state index in [4.69, 9.17) is 11.5 Å². The first kappa shape index (κ1) is 9.92. The Bertz CT molecular complexity index is 91.4. The molecule has 0 aliphatic rings. The third-order valence-corrected chi connectivity index (χ3v) is 1.73. The van der Waals surface area contributed by atoms with Crippen LogP contribution < -0.4 is 11.5 Å². The first-order chi connectivity index (χ1) is 4.15. The Hall–Kier alpha value is -0.0800. The first-order valence-electron chi connectivity index (χ1n) is 3.70. The normalized spacial score (nSPS) is 17.1. The molecule has 0 radical (unpaired) electrons. The van der Waals surface area contributed by atoms with Gasteiger partial charge in [-0.1, -0.05) is 20.8 Å². The Balaban J connectivity index is 4.23. The van der Waals surface area contributed by atoms with Crippen LogP contribution in [0, 0.1) is 5.41 Å². The fourth-order valence-electron chi connectivity index (χ4n) is 1.12. The highest BCUT2D eigenvalue weighted by atomic mass is 14.8. The molecule has 0 bridgehead atoms. The average molecular weight is 144 g/mol. The lowest BCUT2D eigenvalue weighted by molar-refractivity contribution is 0.230. The van der Waals surface area contributed by atoms with Gasteiger partial charge in [0.05, 0.1) is 0 Å². The summed E-state index contributed by atoms with van der Waals surface area (Å²) in [7, 11) is 0. The van der Waals surface area contributed by atoms with Gasteiger partial charge >= 0.3 is 0 Å². The highest BCUT2D eigenvalue weighted by Gasteiger charge is 2.31. The number of hydrogen-bond donors (Lipinski definition) is 2. The number of rotatable bonds is 1. The van der Waals surface area contributed by atoms with Crippen LogP contribution in [-0.2, 0) is 0 Å². The molecule has 0 amide bonds. The summed E-state index contributed by atoms with van der Waals surface area (Å²) in [6.07, 6.45) is 0. The van der Waals surface area contributed by atoms with Gasteiger partial charge in [0.2, 0.25) is 0 Å². The van der Waals surface area contributed by atoms with Gasteiger partial charge in [-0.3, -0.25) is 0 Å². The highest BCUT2D eigenvalue weighted by Crippen LogP contribution is 2.23. The van der Waals surface area contributed by atoms with Crippen molar-refractivity contribution in [1.82, 2.24) is 0 Å². The van der Waals surface area contributed by atoms with Crippen molar-refractivity contribution in [3.8, 4) is 0 Å². The summed E-state index contributed by atoms with van der Waals surface area (Å²) in [4.78, 5) is 0. The maximum Gasteiger partial charge on any atom is 0.0265 e. The van der Waals surface area contributed by atoms with Crippen LogP contribution in [0.3, 0.4) is 0 Å². The summed E-state index contributed by atoms with van der Waals surface area (Å²) >= 11 is 0. The van der Waals surface area contributed by atoms with Gasteiger partial charge in [0.1, 0.15) is 0 Å². The fourth-order valence-corrected chi connectivity index (χ4v) is 1.12. The van der Waals surface area contributed by atoms with Gasteiger partial charge < -0.3 is 11.5 Å². The maximum absolute atomic E-state index is 5.90. The molecule has 62 valence electrons. The van der Waals surface area contributed by atoms with Crippen molar-refractivity contribution in [3.05, 3.63) is 0 Å². The molecule has 0 rings (SSSR count). The van der Waals surface area contributed by atoms with Crippen LogP contribution in [0.4, 0.5) is 0 Å². The minimum atomic E-state index is -0.280. The number of nitrogens with two attached hydrogens (primary N) is 2. The van der Waals surface area contributed by atoms with E-state index in [1.54, 1.807) is 0 Å². The van der Waals surface area contributed by atoms with Crippen molar-refractivity contribution < 1.29 is 0 Å². The average Bonchev–Trinajstić information content (AvgIpc) is 1.59. The molecule has 4 N–H and O–H groups in total. The molecule has 0 spiro atoms. The third kappa shape index (κ3) is 2.67. The van der Waals surface area contributed by atoms with Crippen LogP contribution in [0.1, 0.15) is 34.6 Å². The van der Waals surface area contributed by atoms with E-state index < -0.39 is 0 Å². The predicted octanol–water partition coefficient (Wildman–Crippen LogP) is 1.10. The Labute approximate surface area is 64.0 Å². The fraction of sp³-hybridized carbons (Fsp3) is 1.00. The van der Waals surface area contributed by atoms with Gasteiger partial charge in [0, 0.05) is 11.6 Å². The minimum absolute atomic E-state index is 0.0417. The summed E-state index contributed by atoms with van der Waals surface area (Å²) in [5, 5.41) is 0. The second kappa shape index (κ2) is 2.51. The molecule has 0 aliphatic heterocycles. The molecule has 0 saturated heterocycles. The van der Waals surface area contributed by atoms with Gasteiger partial charge in [0.25, 0.3) is 0 Å². The molecule has 2 heteroatoms. The Morgan fingerprint density at radius 1 is 1.00 bits per heavy atom. The zero-order valence-corrected chi connectivity index (χ0v) is 7.73. The molecule has 1 atom stereocenters. The summed E-state index contributed by atoms with van der Waals surface area (Å²) in [6, 6.07) is 0.0417. The summed E-state index contributed by atoms with van der Waals surface area (Å²) < 4.78 is 0. The maximum atomic E-state index is 5.90. The summed E-state index contributed by atoms with van der Waals surface area (Å²) in [6.45, 7) is 10.2. The monoisotopic (exact) mass is 144 g/mol. The smallest absolute Gasteiger partial charge is 0.0265 e. The molecule has 2 nitrogen and oxygen atoms in total. The van der Waals surface area contributed by atoms with E-state index in [-0.39, 0.29) is 17.0 Å². The molecular weight excluding hydrogens is 124 g/mol. The lowest BCUT2D eigenvalue weighted by Gasteiger charge is -2.37. The highest BCUT2D eigenvalue weighted by molar-refractivity contribution is 4.93. The lowest BCUT2D eigenvalue weighted by Crippen LogP contribution is -2.56. The van der Waals surface area contributed by atoms with Gasteiger partial charge in [-0.25, -0.2) is 0 Å². The Morgan fingerprint density at radius 2 is 1.30 bits per heavy atom. The van der Waals surface area contributed by atoms with E-state index in [1.165, 1.54) is 0 Å². The Kier molecular flexibility index (Phi) is 2.49. The summed E-state index contributed by atoms with van der Waals surface area (Å²) in [5.41, 5.74) is 11.6. The molecule has 0 aliphatic carbocycles. The minimum Gasteiger partial charge on any atom is -0.326 e. The SMILES string of the molecule is CC(C)(C)C(N)C(C)(C)N. The first-order valence-corrected chi connectivity index (χ1v) is 3.70. The van der Waals surface area contributed by atoms with Crippen molar-refractivity contribution in [1.29, 1.82) is 0 Å². The van der Waals surface area contributed by atoms with E-state index >= 15 is 0 Å². The predicted molar refractivity (Wildman–Crippen MR) is 45.7 cm³/mol. The molecule has 0 fully saturated rings. The molecule has 0 aromatic heterocycles. The third-order valence-electron chi connectivity index (χ3n) is 1.73. The van der Waals surface area contributed by atoms with Crippen LogP contribution in [0.15, 0.2) is 0 Å². The molecule has 0 aromatic carbocycles. The Morgan fingerprint density at radius 3 is 1.30 bits per heavy atom. The number of hydrogen-bond acceptors (Lipinski definition) is 2. The van der Waals surface area contributed by atoms with Crippen molar-refractivity contribution in [2.24, 2.45) is 16.9 Å². The molecule has 0 saturated carbocycles. The second-order valence-corrected chi connectivity index (χ2v) is 4.67. The van der Waals surface area contributed by atoms with Gasteiger partial charge in [0.15, 0.2) is 0 Å². The van der Waals surface area contributed by atoms with E-state index in [9.17, 15) is 0 Å². The quantitative estimate of drug-likeness (QED) is 0.579. The van der Waals surface area contributed by atoms with Crippen LogP contribution in [-0.4, -0.2) is 11.6 Å². The van der Waals surface area contributed by atoms with E-state index in [2.05, 4.69) is 20.8 Å². The largest absolute Gasteiger partial charge is 0.326 e. The van der Waals surface area contributed by atoms with Crippen molar-refractivity contribution >= 4 is 0 Å². The van der Waals surface area contributed by atoms with Crippen LogP contribution in [0.25, 0.3) is 0 Å². The molecular formula is C8H20N2. The molecule has 0 aromatic rings.